The number of esters is 1. The average Bonchev–Trinajstić information content (AvgIpc) is 2.50. The first-order valence-corrected chi connectivity index (χ1v) is 5.72. The second-order valence-electron chi connectivity index (χ2n) is 3.91. The molecular weight excluding hydrogens is 222 g/mol. The number of fused-ring (bicyclic) bond motifs is 1. The molecule has 0 aromatic carbocycles. The van der Waals surface area contributed by atoms with E-state index in [1.165, 1.54) is 12.7 Å². The van der Waals surface area contributed by atoms with Crippen molar-refractivity contribution in [3.05, 3.63) is 34.9 Å². The van der Waals surface area contributed by atoms with Crippen LogP contribution in [0.1, 0.15) is 12.8 Å². The lowest BCUT2D eigenvalue weighted by Crippen LogP contribution is -2.26. The summed E-state index contributed by atoms with van der Waals surface area (Å²) in [4.78, 5) is 11.7. The second-order valence-corrected chi connectivity index (χ2v) is 4.48. The summed E-state index contributed by atoms with van der Waals surface area (Å²) in [5.74, 6) is -0.226. The Hall–Kier alpha value is -1.00. The largest absolute Gasteiger partial charge is 0.466 e. The van der Waals surface area contributed by atoms with Crippen LogP contribution in [-0.2, 0) is 9.53 Å². The normalized spacial score (nSPS) is 21.2. The van der Waals surface area contributed by atoms with Gasteiger partial charge in [0.25, 0.3) is 0 Å². The van der Waals surface area contributed by atoms with E-state index < -0.39 is 0 Å². The molecule has 1 saturated heterocycles. The minimum atomic E-state index is -0.226. The van der Waals surface area contributed by atoms with Crippen LogP contribution in [0.15, 0.2) is 34.9 Å². The molecule has 4 heteroatoms. The van der Waals surface area contributed by atoms with E-state index in [-0.39, 0.29) is 5.97 Å². The molecule has 0 aromatic rings. The fourth-order valence-corrected chi connectivity index (χ4v) is 2.30. The Kier molecular flexibility index (Phi) is 3.51. The number of nitrogens with zero attached hydrogens (tertiary/aromatic N) is 1. The highest BCUT2D eigenvalue weighted by atomic mass is 32.1. The van der Waals surface area contributed by atoms with Crippen LogP contribution < -0.4 is 0 Å². The van der Waals surface area contributed by atoms with E-state index in [1.54, 1.807) is 0 Å². The zero-order chi connectivity index (χ0) is 11.5. The Morgan fingerprint density at radius 1 is 1.56 bits per heavy atom. The van der Waals surface area contributed by atoms with Crippen molar-refractivity contribution in [1.29, 1.82) is 0 Å². The van der Waals surface area contributed by atoms with E-state index in [4.69, 9.17) is 4.74 Å². The Morgan fingerprint density at radius 3 is 3.12 bits per heavy atom. The first-order chi connectivity index (χ1) is 7.72. The van der Waals surface area contributed by atoms with Gasteiger partial charge in [-0.3, -0.25) is 0 Å². The van der Waals surface area contributed by atoms with E-state index in [0.717, 1.165) is 24.1 Å². The van der Waals surface area contributed by atoms with E-state index >= 15 is 0 Å². The summed E-state index contributed by atoms with van der Waals surface area (Å²) in [6.07, 6.45) is 7.67. The highest BCUT2D eigenvalue weighted by Crippen LogP contribution is 2.29. The molecule has 0 bridgehead atoms. The van der Waals surface area contributed by atoms with Crippen molar-refractivity contribution in [2.75, 3.05) is 20.2 Å². The Bertz CT molecular complexity index is 396. The number of methoxy groups -OCH3 is 1. The maximum Gasteiger partial charge on any atom is 0.334 e. The van der Waals surface area contributed by atoms with Gasteiger partial charge in [0.2, 0.25) is 0 Å². The summed E-state index contributed by atoms with van der Waals surface area (Å²) in [6.45, 7) is 1.63. The quantitative estimate of drug-likeness (QED) is 0.558. The molecule has 0 N–H and O–H groups in total. The Balaban J connectivity index is 2.40. The van der Waals surface area contributed by atoms with Crippen molar-refractivity contribution < 1.29 is 9.53 Å². The molecule has 1 fully saturated rings. The van der Waals surface area contributed by atoms with Crippen molar-refractivity contribution >= 4 is 18.8 Å². The first kappa shape index (κ1) is 11.5. The molecule has 0 saturated carbocycles. The second kappa shape index (κ2) is 4.89. The lowest BCUT2D eigenvalue weighted by molar-refractivity contribution is -0.136. The third-order valence-corrected chi connectivity index (χ3v) is 3.26. The van der Waals surface area contributed by atoms with Gasteiger partial charge >= 0.3 is 5.97 Å². The Morgan fingerprint density at radius 2 is 2.38 bits per heavy atom. The van der Waals surface area contributed by atoms with Gasteiger partial charge in [0.15, 0.2) is 0 Å². The molecule has 2 aliphatic rings. The third kappa shape index (κ3) is 2.23. The van der Waals surface area contributed by atoms with Gasteiger partial charge in [-0.05, 0) is 24.0 Å². The van der Waals surface area contributed by atoms with Crippen molar-refractivity contribution in [3.63, 3.8) is 0 Å². The highest BCUT2D eigenvalue weighted by molar-refractivity contribution is 7.77. The minimum absolute atomic E-state index is 0.226. The summed E-state index contributed by atoms with van der Waals surface area (Å²) in [7, 11) is 1.43. The Labute approximate surface area is 101 Å². The van der Waals surface area contributed by atoms with E-state index in [1.807, 2.05) is 16.5 Å². The molecule has 1 aliphatic heterocycles. The molecule has 0 amide bonds. The molecule has 16 heavy (non-hydrogen) atoms. The van der Waals surface area contributed by atoms with Gasteiger partial charge < -0.3 is 4.74 Å². The smallest absolute Gasteiger partial charge is 0.334 e. The number of rotatable bonds is 1. The molecule has 0 atom stereocenters. The SMILES string of the molecule is COC(=O)C1=C2CN(S)CCC2=CC=CC1. The van der Waals surface area contributed by atoms with Gasteiger partial charge in [-0.2, -0.15) is 0 Å². The predicted octanol–water partition coefficient (Wildman–Crippen LogP) is 1.89. The molecule has 0 spiro atoms. The molecule has 2 rings (SSSR count). The summed E-state index contributed by atoms with van der Waals surface area (Å²) in [6, 6.07) is 0. The summed E-state index contributed by atoms with van der Waals surface area (Å²) in [5.41, 5.74) is 3.08. The molecule has 1 heterocycles. The topological polar surface area (TPSA) is 29.5 Å². The maximum absolute atomic E-state index is 11.7. The molecule has 0 aromatic heterocycles. The monoisotopic (exact) mass is 237 g/mol. The molecule has 0 radical (unpaired) electrons. The number of ether oxygens (including phenoxy) is 1. The van der Waals surface area contributed by atoms with Crippen LogP contribution >= 0.6 is 12.8 Å². The number of carbonyl (C=O) groups excluding carboxylic acids is 1. The molecule has 1 aliphatic carbocycles. The van der Waals surface area contributed by atoms with Crippen LogP contribution in [0.25, 0.3) is 0 Å². The number of thiol groups is 1. The van der Waals surface area contributed by atoms with Crippen LogP contribution in [0, 0.1) is 0 Å². The van der Waals surface area contributed by atoms with E-state index in [0.29, 0.717) is 13.0 Å². The number of carbonyl (C=O) groups is 1. The molecular formula is C12H15NO2S. The van der Waals surface area contributed by atoms with Crippen LogP contribution in [-0.4, -0.2) is 30.5 Å². The zero-order valence-corrected chi connectivity index (χ0v) is 10.2. The fourth-order valence-electron chi connectivity index (χ4n) is 2.06. The van der Waals surface area contributed by atoms with Gasteiger partial charge in [-0.25, -0.2) is 9.10 Å². The first-order valence-electron chi connectivity index (χ1n) is 5.32. The summed E-state index contributed by atoms with van der Waals surface area (Å²) >= 11 is 4.35. The molecule has 0 unspecified atom stereocenters. The lowest BCUT2D eigenvalue weighted by atomic mass is 9.94. The average molecular weight is 237 g/mol. The minimum Gasteiger partial charge on any atom is -0.466 e. The van der Waals surface area contributed by atoms with Crippen molar-refractivity contribution in [1.82, 2.24) is 4.31 Å². The van der Waals surface area contributed by atoms with Crippen LogP contribution in [0.5, 0.6) is 0 Å². The van der Waals surface area contributed by atoms with Gasteiger partial charge in [-0.1, -0.05) is 31.0 Å². The van der Waals surface area contributed by atoms with Crippen molar-refractivity contribution in [2.45, 2.75) is 12.8 Å². The van der Waals surface area contributed by atoms with Crippen LogP contribution in [0.4, 0.5) is 0 Å². The number of hydrogen-bond donors (Lipinski definition) is 1. The number of hydrogen-bond acceptors (Lipinski definition) is 4. The van der Waals surface area contributed by atoms with Crippen LogP contribution in [0.2, 0.25) is 0 Å². The number of allylic oxidation sites excluding steroid dienone is 3. The van der Waals surface area contributed by atoms with E-state index in [9.17, 15) is 4.79 Å². The van der Waals surface area contributed by atoms with Gasteiger partial charge in [0, 0.05) is 18.7 Å². The lowest BCUT2D eigenvalue weighted by Gasteiger charge is -2.27. The zero-order valence-electron chi connectivity index (χ0n) is 9.27. The van der Waals surface area contributed by atoms with Gasteiger partial charge in [0.05, 0.1) is 7.11 Å². The fraction of sp³-hybridized carbons (Fsp3) is 0.417. The molecule has 3 nitrogen and oxygen atoms in total. The van der Waals surface area contributed by atoms with Crippen molar-refractivity contribution in [3.8, 4) is 0 Å². The van der Waals surface area contributed by atoms with E-state index in [2.05, 4.69) is 18.9 Å². The maximum atomic E-state index is 11.7. The predicted molar refractivity (Wildman–Crippen MR) is 66.1 cm³/mol. The summed E-state index contributed by atoms with van der Waals surface area (Å²) < 4.78 is 6.76. The highest BCUT2D eigenvalue weighted by Gasteiger charge is 2.24. The number of piperidine rings is 1. The van der Waals surface area contributed by atoms with Gasteiger partial charge in [0.1, 0.15) is 0 Å². The van der Waals surface area contributed by atoms with Crippen LogP contribution in [0.3, 0.4) is 0 Å². The van der Waals surface area contributed by atoms with Gasteiger partial charge in [-0.15, -0.1) is 0 Å². The summed E-state index contributed by atoms with van der Waals surface area (Å²) in [5, 5.41) is 0. The third-order valence-electron chi connectivity index (χ3n) is 2.92. The van der Waals surface area contributed by atoms with Crippen molar-refractivity contribution in [2.24, 2.45) is 0 Å². The molecule has 86 valence electrons. The standard InChI is InChI=1S/C12H15NO2S/c1-15-12(14)10-5-3-2-4-9-6-7-13(16)8-11(9)10/h2-4,16H,5-8H2,1H3.